The highest BCUT2D eigenvalue weighted by molar-refractivity contribution is 5.85. The number of carboxylic acids is 1. The number of nitrogens with one attached hydrogen (secondary N) is 1. The third kappa shape index (κ3) is 2.62. The number of rotatable bonds is 3. The van der Waals surface area contributed by atoms with E-state index in [0.29, 0.717) is 19.0 Å². The number of imidazole rings is 1. The van der Waals surface area contributed by atoms with Crippen molar-refractivity contribution in [1.82, 2.24) is 19.9 Å². The summed E-state index contributed by atoms with van der Waals surface area (Å²) < 4.78 is 0. The minimum Gasteiger partial charge on any atom is -0.477 e. The number of aromatic amines is 1. The summed E-state index contributed by atoms with van der Waals surface area (Å²) in [5.74, 6) is 0.273. The topological polar surface area (TPSA) is 98.2 Å². The van der Waals surface area contributed by atoms with Crippen LogP contribution in [0.4, 0.5) is 11.9 Å². The fourth-order valence-electron chi connectivity index (χ4n) is 2.83. The summed E-state index contributed by atoms with van der Waals surface area (Å²) >= 11 is 0. The third-order valence-corrected chi connectivity index (χ3v) is 4.10. The van der Waals surface area contributed by atoms with Crippen molar-refractivity contribution in [3.8, 4) is 0 Å². The van der Waals surface area contributed by atoms with E-state index in [-0.39, 0.29) is 5.69 Å². The van der Waals surface area contributed by atoms with Gasteiger partial charge in [-0.3, -0.25) is 0 Å². The highest BCUT2D eigenvalue weighted by Gasteiger charge is 2.21. The van der Waals surface area contributed by atoms with Crippen LogP contribution in [0, 0.1) is 0 Å². The maximum Gasteiger partial charge on any atom is 0.354 e. The van der Waals surface area contributed by atoms with E-state index in [0.717, 1.165) is 30.1 Å². The molecule has 0 amide bonds. The van der Waals surface area contributed by atoms with E-state index in [1.54, 1.807) is 0 Å². The molecule has 1 fully saturated rings. The van der Waals surface area contributed by atoms with Crippen LogP contribution >= 0.6 is 0 Å². The Balaban J connectivity index is 1.48. The SMILES string of the molecule is O=C(O)c1ccnc(N2CCN(c3nc4ccccc4[nH]3)CC2)n1. The average Bonchev–Trinajstić information content (AvgIpc) is 3.06. The van der Waals surface area contributed by atoms with Gasteiger partial charge in [-0.25, -0.2) is 19.7 Å². The van der Waals surface area contributed by atoms with Crippen molar-refractivity contribution >= 4 is 28.9 Å². The molecule has 0 spiro atoms. The average molecular weight is 324 g/mol. The molecule has 0 atom stereocenters. The number of aromatic carboxylic acids is 1. The molecule has 2 N–H and O–H groups in total. The first-order chi connectivity index (χ1) is 11.7. The highest BCUT2D eigenvalue weighted by atomic mass is 16.4. The van der Waals surface area contributed by atoms with Crippen molar-refractivity contribution in [3.05, 3.63) is 42.2 Å². The molecule has 8 nitrogen and oxygen atoms in total. The van der Waals surface area contributed by atoms with Crippen molar-refractivity contribution in [2.75, 3.05) is 36.0 Å². The largest absolute Gasteiger partial charge is 0.477 e. The zero-order valence-corrected chi connectivity index (χ0v) is 12.9. The lowest BCUT2D eigenvalue weighted by Crippen LogP contribution is -2.47. The smallest absolute Gasteiger partial charge is 0.354 e. The summed E-state index contributed by atoms with van der Waals surface area (Å²) in [6, 6.07) is 9.34. The molecule has 3 heterocycles. The normalized spacial score (nSPS) is 15.0. The van der Waals surface area contributed by atoms with Crippen LogP contribution in [0.15, 0.2) is 36.5 Å². The number of carbonyl (C=O) groups is 1. The number of piperazine rings is 1. The Morgan fingerprint density at radius 1 is 1.04 bits per heavy atom. The molecule has 122 valence electrons. The summed E-state index contributed by atoms with van der Waals surface area (Å²) in [5, 5.41) is 9.04. The van der Waals surface area contributed by atoms with Crippen LogP contribution in [-0.2, 0) is 0 Å². The fourth-order valence-corrected chi connectivity index (χ4v) is 2.83. The Morgan fingerprint density at radius 3 is 2.54 bits per heavy atom. The fraction of sp³-hybridized carbons (Fsp3) is 0.250. The van der Waals surface area contributed by atoms with Crippen LogP contribution < -0.4 is 9.80 Å². The Hall–Kier alpha value is -3.16. The number of hydrogen-bond donors (Lipinski definition) is 2. The van der Waals surface area contributed by atoms with Crippen molar-refractivity contribution in [3.63, 3.8) is 0 Å². The van der Waals surface area contributed by atoms with Crippen LogP contribution in [0.3, 0.4) is 0 Å². The lowest BCUT2D eigenvalue weighted by atomic mass is 10.3. The van der Waals surface area contributed by atoms with Gasteiger partial charge in [0.2, 0.25) is 11.9 Å². The first-order valence-electron chi connectivity index (χ1n) is 7.72. The number of anilines is 2. The van der Waals surface area contributed by atoms with Crippen molar-refractivity contribution in [1.29, 1.82) is 0 Å². The van der Waals surface area contributed by atoms with Gasteiger partial charge in [0.25, 0.3) is 0 Å². The number of aromatic nitrogens is 4. The molecule has 8 heteroatoms. The Kier molecular flexibility index (Phi) is 3.49. The van der Waals surface area contributed by atoms with Gasteiger partial charge in [0.15, 0.2) is 5.69 Å². The molecule has 4 rings (SSSR count). The summed E-state index contributed by atoms with van der Waals surface area (Å²) in [5.41, 5.74) is 1.99. The quantitative estimate of drug-likeness (QED) is 0.751. The number of benzene rings is 1. The lowest BCUT2D eigenvalue weighted by Gasteiger charge is -2.34. The van der Waals surface area contributed by atoms with Crippen molar-refractivity contribution < 1.29 is 9.90 Å². The van der Waals surface area contributed by atoms with E-state index in [4.69, 9.17) is 5.11 Å². The Morgan fingerprint density at radius 2 is 1.79 bits per heavy atom. The van der Waals surface area contributed by atoms with E-state index in [1.165, 1.54) is 12.3 Å². The Labute approximate surface area is 137 Å². The maximum atomic E-state index is 11.0. The second-order valence-electron chi connectivity index (χ2n) is 5.60. The predicted molar refractivity (Wildman–Crippen MR) is 89.5 cm³/mol. The minimum atomic E-state index is -1.04. The molecule has 1 aliphatic rings. The van der Waals surface area contributed by atoms with Crippen LogP contribution in [-0.4, -0.2) is 57.2 Å². The van der Waals surface area contributed by atoms with Crippen molar-refractivity contribution in [2.24, 2.45) is 0 Å². The molecule has 1 aliphatic heterocycles. The minimum absolute atomic E-state index is 0.0136. The van der Waals surface area contributed by atoms with E-state index >= 15 is 0 Å². The standard InChI is InChI=1S/C16H16N6O2/c23-14(24)13-5-6-17-15(20-13)21-7-9-22(10-8-21)16-18-11-3-1-2-4-12(11)19-16/h1-6H,7-10H2,(H,18,19)(H,23,24). The van der Waals surface area contributed by atoms with E-state index in [2.05, 4.69) is 24.8 Å². The van der Waals surface area contributed by atoms with Gasteiger partial charge in [-0.05, 0) is 18.2 Å². The molecular weight excluding hydrogens is 308 g/mol. The van der Waals surface area contributed by atoms with Crippen LogP contribution in [0.5, 0.6) is 0 Å². The van der Waals surface area contributed by atoms with Crippen LogP contribution in [0.25, 0.3) is 11.0 Å². The van der Waals surface area contributed by atoms with Gasteiger partial charge in [-0.15, -0.1) is 0 Å². The van der Waals surface area contributed by atoms with Gasteiger partial charge in [0.05, 0.1) is 11.0 Å². The molecule has 0 radical (unpaired) electrons. The van der Waals surface area contributed by atoms with Gasteiger partial charge < -0.3 is 19.9 Å². The molecule has 0 aliphatic carbocycles. The number of para-hydroxylation sites is 2. The van der Waals surface area contributed by atoms with Gasteiger partial charge in [-0.1, -0.05) is 12.1 Å². The number of carboxylic acid groups (broad SMARTS) is 1. The molecule has 2 aromatic heterocycles. The molecule has 1 saturated heterocycles. The van der Waals surface area contributed by atoms with Gasteiger partial charge in [0, 0.05) is 32.4 Å². The molecule has 3 aromatic rings. The van der Waals surface area contributed by atoms with Crippen molar-refractivity contribution in [2.45, 2.75) is 0 Å². The van der Waals surface area contributed by atoms with Gasteiger partial charge in [-0.2, -0.15) is 0 Å². The second kappa shape index (κ2) is 5.80. The molecule has 1 aromatic carbocycles. The molecule has 24 heavy (non-hydrogen) atoms. The zero-order valence-electron chi connectivity index (χ0n) is 12.9. The monoisotopic (exact) mass is 324 g/mol. The number of nitrogens with zero attached hydrogens (tertiary/aromatic N) is 5. The molecule has 0 saturated carbocycles. The lowest BCUT2D eigenvalue weighted by molar-refractivity contribution is 0.0690. The number of fused-ring (bicyclic) bond motifs is 1. The van der Waals surface area contributed by atoms with E-state index < -0.39 is 5.97 Å². The first kappa shape index (κ1) is 14.4. The van der Waals surface area contributed by atoms with Gasteiger partial charge >= 0.3 is 5.97 Å². The highest BCUT2D eigenvalue weighted by Crippen LogP contribution is 2.19. The summed E-state index contributed by atoms with van der Waals surface area (Å²) in [6.45, 7) is 2.95. The molecule has 0 bridgehead atoms. The van der Waals surface area contributed by atoms with E-state index in [9.17, 15) is 4.79 Å². The Bertz CT molecular complexity index is 852. The summed E-state index contributed by atoms with van der Waals surface area (Å²) in [7, 11) is 0. The first-order valence-corrected chi connectivity index (χ1v) is 7.72. The molecule has 0 unspecified atom stereocenters. The maximum absolute atomic E-state index is 11.0. The van der Waals surface area contributed by atoms with Gasteiger partial charge in [0.1, 0.15) is 0 Å². The number of H-pyrrole nitrogens is 1. The summed E-state index contributed by atoms with van der Waals surface area (Å²) in [6.07, 6.45) is 1.48. The van der Waals surface area contributed by atoms with E-state index in [1.807, 2.05) is 29.2 Å². The second-order valence-corrected chi connectivity index (χ2v) is 5.60. The van der Waals surface area contributed by atoms with Crippen LogP contribution in [0.1, 0.15) is 10.5 Å². The zero-order chi connectivity index (χ0) is 16.5. The molecular formula is C16H16N6O2. The predicted octanol–water partition coefficient (Wildman–Crippen LogP) is 1.38. The summed E-state index contributed by atoms with van der Waals surface area (Å²) in [4.78, 5) is 31.4. The number of hydrogen-bond acceptors (Lipinski definition) is 6. The van der Waals surface area contributed by atoms with Crippen LogP contribution in [0.2, 0.25) is 0 Å². The third-order valence-electron chi connectivity index (χ3n) is 4.10.